The Labute approximate surface area is 135 Å². The van der Waals surface area contributed by atoms with Gasteiger partial charge in [-0.2, -0.15) is 0 Å². The maximum atomic E-state index is 11.9. The number of carbonyl (C=O) groups excluding carboxylic acids is 1. The van der Waals surface area contributed by atoms with E-state index in [9.17, 15) is 4.79 Å². The summed E-state index contributed by atoms with van der Waals surface area (Å²) in [6.07, 6.45) is 4.39. The van der Waals surface area contributed by atoms with E-state index in [0.29, 0.717) is 24.4 Å². The van der Waals surface area contributed by atoms with Gasteiger partial charge < -0.3 is 10.1 Å². The number of hydrogen-bond donors (Lipinski definition) is 1. The molecule has 1 N–H and O–H groups in total. The van der Waals surface area contributed by atoms with Crippen LogP contribution < -0.4 is 5.32 Å². The van der Waals surface area contributed by atoms with Gasteiger partial charge in [0.15, 0.2) is 0 Å². The molecule has 2 aromatic rings. The number of carbonyl (C=O) groups is 1. The van der Waals surface area contributed by atoms with Crippen molar-refractivity contribution in [3.8, 4) is 0 Å². The second kappa shape index (κ2) is 8.51. The first-order valence-corrected chi connectivity index (χ1v) is 7.50. The molecule has 0 aliphatic carbocycles. The predicted molar refractivity (Wildman–Crippen MR) is 86.8 cm³/mol. The zero-order chi connectivity index (χ0) is 15.8. The van der Waals surface area contributed by atoms with Crippen molar-refractivity contribution in [1.29, 1.82) is 0 Å². The van der Waals surface area contributed by atoms with Gasteiger partial charge in [-0.15, -0.1) is 0 Å². The number of pyridine rings is 1. The van der Waals surface area contributed by atoms with E-state index in [1.54, 1.807) is 19.5 Å². The molecule has 0 spiro atoms. The molecule has 0 radical (unpaired) electrons. The van der Waals surface area contributed by atoms with Crippen LogP contribution in [-0.4, -0.2) is 24.5 Å². The second-order valence-corrected chi connectivity index (χ2v) is 5.38. The fourth-order valence-electron chi connectivity index (χ4n) is 2.14. The third-order valence-electron chi connectivity index (χ3n) is 3.35. The molecule has 116 valence electrons. The maximum absolute atomic E-state index is 11.9. The third-order valence-corrected chi connectivity index (χ3v) is 3.59. The largest absolute Gasteiger partial charge is 0.375 e. The van der Waals surface area contributed by atoms with Gasteiger partial charge in [0.1, 0.15) is 0 Å². The average Bonchev–Trinajstić information content (AvgIpc) is 2.54. The predicted octanol–water partition coefficient (Wildman–Crippen LogP) is 3.17. The molecule has 1 heterocycles. The number of aryl methyl sites for hydroxylation is 1. The minimum absolute atomic E-state index is 0.00655. The molecule has 1 atom stereocenters. The Morgan fingerprint density at radius 3 is 2.91 bits per heavy atom. The SMILES string of the molecule is COC(CNC(=O)CCc1cccnc1)c1cccc(Cl)c1. The number of nitrogens with one attached hydrogen (secondary N) is 1. The quantitative estimate of drug-likeness (QED) is 0.853. The van der Waals surface area contributed by atoms with E-state index in [4.69, 9.17) is 16.3 Å². The highest BCUT2D eigenvalue weighted by atomic mass is 35.5. The van der Waals surface area contributed by atoms with Crippen LogP contribution in [0.15, 0.2) is 48.8 Å². The fraction of sp³-hybridized carbons (Fsp3) is 0.294. The summed E-state index contributed by atoms with van der Waals surface area (Å²) in [7, 11) is 1.62. The molecule has 22 heavy (non-hydrogen) atoms. The van der Waals surface area contributed by atoms with Crippen molar-refractivity contribution in [2.24, 2.45) is 0 Å². The van der Waals surface area contributed by atoms with Crippen molar-refractivity contribution in [3.63, 3.8) is 0 Å². The van der Waals surface area contributed by atoms with Crippen LogP contribution in [0.2, 0.25) is 5.02 Å². The topological polar surface area (TPSA) is 51.2 Å². The molecule has 2 rings (SSSR count). The third kappa shape index (κ3) is 5.13. The minimum atomic E-state index is -0.207. The molecule has 1 amide bonds. The maximum Gasteiger partial charge on any atom is 0.220 e. The molecule has 5 heteroatoms. The molecule has 0 aliphatic heterocycles. The van der Waals surface area contributed by atoms with Crippen LogP contribution in [0.5, 0.6) is 0 Å². The molecule has 0 fully saturated rings. The van der Waals surface area contributed by atoms with Gasteiger partial charge in [0.05, 0.1) is 6.10 Å². The first-order valence-electron chi connectivity index (χ1n) is 7.13. The summed E-state index contributed by atoms with van der Waals surface area (Å²) < 4.78 is 5.42. The van der Waals surface area contributed by atoms with Crippen LogP contribution in [0, 0.1) is 0 Å². The molecule has 4 nitrogen and oxygen atoms in total. The normalized spacial score (nSPS) is 11.9. The molecule has 1 aromatic heterocycles. The van der Waals surface area contributed by atoms with E-state index >= 15 is 0 Å². The standard InChI is InChI=1S/C17H19ClN2O2/c1-22-16(14-5-2-6-15(18)10-14)12-20-17(21)8-7-13-4-3-9-19-11-13/h2-6,9-11,16H,7-8,12H2,1H3,(H,20,21). The lowest BCUT2D eigenvalue weighted by molar-refractivity contribution is -0.121. The highest BCUT2D eigenvalue weighted by molar-refractivity contribution is 6.30. The van der Waals surface area contributed by atoms with E-state index in [2.05, 4.69) is 10.3 Å². The van der Waals surface area contributed by atoms with Crippen LogP contribution >= 0.6 is 11.6 Å². The van der Waals surface area contributed by atoms with Crippen molar-refractivity contribution in [2.45, 2.75) is 18.9 Å². The van der Waals surface area contributed by atoms with Crippen LogP contribution in [0.3, 0.4) is 0 Å². The summed E-state index contributed by atoms with van der Waals surface area (Å²) in [5.41, 5.74) is 2.00. The molecular weight excluding hydrogens is 300 g/mol. The summed E-state index contributed by atoms with van der Waals surface area (Å²) in [5.74, 6) is -0.00655. The Kier molecular flexibility index (Phi) is 6.37. The van der Waals surface area contributed by atoms with Gasteiger partial charge in [-0.1, -0.05) is 29.8 Å². The van der Waals surface area contributed by atoms with Crippen LogP contribution in [0.4, 0.5) is 0 Å². The van der Waals surface area contributed by atoms with Crippen molar-refractivity contribution in [2.75, 3.05) is 13.7 Å². The van der Waals surface area contributed by atoms with E-state index in [0.717, 1.165) is 11.1 Å². The summed E-state index contributed by atoms with van der Waals surface area (Å²) in [5, 5.41) is 3.55. The van der Waals surface area contributed by atoms with Crippen molar-refractivity contribution in [1.82, 2.24) is 10.3 Å². The number of benzene rings is 1. The Morgan fingerprint density at radius 1 is 1.36 bits per heavy atom. The van der Waals surface area contributed by atoms with E-state index in [-0.39, 0.29) is 12.0 Å². The molecule has 0 saturated carbocycles. The minimum Gasteiger partial charge on any atom is -0.375 e. The van der Waals surface area contributed by atoms with Gasteiger partial charge in [0.25, 0.3) is 0 Å². The summed E-state index contributed by atoms with van der Waals surface area (Å²) >= 11 is 5.98. The lowest BCUT2D eigenvalue weighted by Crippen LogP contribution is -2.29. The average molecular weight is 319 g/mol. The van der Waals surface area contributed by atoms with E-state index in [1.807, 2.05) is 36.4 Å². The first-order chi connectivity index (χ1) is 10.7. The monoisotopic (exact) mass is 318 g/mol. The van der Waals surface area contributed by atoms with E-state index < -0.39 is 0 Å². The van der Waals surface area contributed by atoms with Gasteiger partial charge in [-0.05, 0) is 35.7 Å². The molecule has 0 saturated heterocycles. The Hall–Kier alpha value is -1.91. The Balaban J connectivity index is 1.81. The van der Waals surface area contributed by atoms with Crippen molar-refractivity contribution in [3.05, 3.63) is 64.9 Å². The number of aromatic nitrogens is 1. The molecule has 0 bridgehead atoms. The number of ether oxygens (including phenoxy) is 1. The van der Waals surface area contributed by atoms with Crippen LogP contribution in [0.1, 0.15) is 23.7 Å². The second-order valence-electron chi connectivity index (χ2n) is 4.94. The first kappa shape index (κ1) is 16.5. The zero-order valence-electron chi connectivity index (χ0n) is 12.5. The summed E-state index contributed by atoms with van der Waals surface area (Å²) in [4.78, 5) is 16.0. The number of nitrogens with zero attached hydrogens (tertiary/aromatic N) is 1. The number of amides is 1. The molecular formula is C17H19ClN2O2. The molecule has 1 unspecified atom stereocenters. The smallest absolute Gasteiger partial charge is 0.220 e. The highest BCUT2D eigenvalue weighted by Gasteiger charge is 2.12. The molecule has 0 aliphatic rings. The number of methoxy groups -OCH3 is 1. The van der Waals surface area contributed by atoms with Gasteiger partial charge >= 0.3 is 0 Å². The van der Waals surface area contributed by atoms with E-state index in [1.165, 1.54) is 0 Å². The summed E-state index contributed by atoms with van der Waals surface area (Å²) in [6, 6.07) is 11.3. The number of rotatable bonds is 7. The zero-order valence-corrected chi connectivity index (χ0v) is 13.2. The highest BCUT2D eigenvalue weighted by Crippen LogP contribution is 2.19. The Morgan fingerprint density at radius 2 is 2.23 bits per heavy atom. The van der Waals surface area contributed by atoms with Crippen LogP contribution in [0.25, 0.3) is 0 Å². The van der Waals surface area contributed by atoms with Gasteiger partial charge in [0.2, 0.25) is 5.91 Å². The van der Waals surface area contributed by atoms with Gasteiger partial charge in [0, 0.05) is 37.5 Å². The number of halogens is 1. The summed E-state index contributed by atoms with van der Waals surface area (Å²) in [6.45, 7) is 0.419. The number of hydrogen-bond acceptors (Lipinski definition) is 3. The fourth-order valence-corrected chi connectivity index (χ4v) is 2.34. The molecule has 1 aromatic carbocycles. The van der Waals surface area contributed by atoms with Crippen molar-refractivity contribution < 1.29 is 9.53 Å². The van der Waals surface area contributed by atoms with Crippen molar-refractivity contribution >= 4 is 17.5 Å². The lowest BCUT2D eigenvalue weighted by atomic mass is 10.1. The Bertz CT molecular complexity index is 605. The lowest BCUT2D eigenvalue weighted by Gasteiger charge is -2.16. The van der Waals surface area contributed by atoms with Gasteiger partial charge in [-0.3, -0.25) is 9.78 Å². The van der Waals surface area contributed by atoms with Gasteiger partial charge in [-0.25, -0.2) is 0 Å². The van der Waals surface area contributed by atoms with Crippen LogP contribution in [-0.2, 0) is 16.0 Å².